The van der Waals surface area contributed by atoms with Crippen molar-refractivity contribution >= 4 is 5.88 Å². The maximum atomic E-state index is 9.02. The maximum Gasteiger partial charge on any atom is 0.240 e. The Labute approximate surface area is 104 Å². The van der Waals surface area contributed by atoms with E-state index in [1.807, 2.05) is 6.07 Å². The molecule has 2 aromatic rings. The lowest BCUT2D eigenvalue weighted by Crippen LogP contribution is -1.92. The first-order valence-corrected chi connectivity index (χ1v) is 5.09. The van der Waals surface area contributed by atoms with Crippen LogP contribution in [0, 0.1) is 11.3 Å². The summed E-state index contributed by atoms with van der Waals surface area (Å²) in [5.41, 5.74) is 6.69. The number of nitriles is 1. The summed E-state index contributed by atoms with van der Waals surface area (Å²) in [5.74, 6) is 1.16. The summed E-state index contributed by atoms with van der Waals surface area (Å²) in [4.78, 5) is 0. The number of benzene rings is 1. The molecule has 0 saturated carbocycles. The zero-order valence-corrected chi connectivity index (χ0v) is 9.93. The summed E-state index contributed by atoms with van der Waals surface area (Å²) < 4.78 is 15.2. The molecule has 1 aromatic heterocycles. The molecule has 0 saturated heterocycles. The second-order valence-electron chi connectivity index (χ2n) is 3.45. The Morgan fingerprint density at radius 2 is 2.11 bits per heavy atom. The van der Waals surface area contributed by atoms with Gasteiger partial charge in [0.15, 0.2) is 0 Å². The Morgan fingerprint density at radius 1 is 1.33 bits per heavy atom. The summed E-state index contributed by atoms with van der Waals surface area (Å²) in [6, 6.07) is 7.12. The second-order valence-corrected chi connectivity index (χ2v) is 3.45. The van der Waals surface area contributed by atoms with Crippen LogP contribution in [0.1, 0.15) is 5.56 Å². The minimum Gasteiger partial charge on any atom is -0.497 e. The largest absolute Gasteiger partial charge is 0.497 e. The van der Waals surface area contributed by atoms with Crippen LogP contribution in [0.4, 0.5) is 5.88 Å². The Morgan fingerprint density at radius 3 is 2.72 bits per heavy atom. The predicted molar refractivity (Wildman–Crippen MR) is 64.2 cm³/mol. The van der Waals surface area contributed by atoms with Gasteiger partial charge in [-0.1, -0.05) is 5.16 Å². The summed E-state index contributed by atoms with van der Waals surface area (Å²) in [7, 11) is 3.08. The van der Waals surface area contributed by atoms with E-state index in [4.69, 9.17) is 25.0 Å². The lowest BCUT2D eigenvalue weighted by Gasteiger charge is -2.08. The molecule has 6 heteroatoms. The smallest absolute Gasteiger partial charge is 0.240 e. The van der Waals surface area contributed by atoms with Crippen molar-refractivity contribution in [2.24, 2.45) is 0 Å². The molecule has 0 aliphatic heterocycles. The molecule has 0 amide bonds. The van der Waals surface area contributed by atoms with Gasteiger partial charge in [0, 0.05) is 11.6 Å². The molecule has 0 aliphatic rings. The van der Waals surface area contributed by atoms with Crippen molar-refractivity contribution < 1.29 is 14.0 Å². The van der Waals surface area contributed by atoms with Gasteiger partial charge < -0.3 is 19.7 Å². The molecule has 18 heavy (non-hydrogen) atoms. The fourth-order valence-electron chi connectivity index (χ4n) is 1.59. The molecule has 6 nitrogen and oxygen atoms in total. The van der Waals surface area contributed by atoms with Crippen LogP contribution in [-0.2, 0) is 0 Å². The van der Waals surface area contributed by atoms with Crippen molar-refractivity contribution in [1.29, 1.82) is 5.26 Å². The van der Waals surface area contributed by atoms with Gasteiger partial charge in [0.25, 0.3) is 0 Å². The third kappa shape index (κ3) is 1.82. The lowest BCUT2D eigenvalue weighted by atomic mass is 10.1. The van der Waals surface area contributed by atoms with Crippen LogP contribution in [0.3, 0.4) is 0 Å². The molecular formula is C12H11N3O3. The highest BCUT2D eigenvalue weighted by atomic mass is 16.5. The van der Waals surface area contributed by atoms with Crippen molar-refractivity contribution in [1.82, 2.24) is 5.16 Å². The third-order valence-electron chi connectivity index (χ3n) is 2.49. The van der Waals surface area contributed by atoms with Gasteiger partial charge in [0.05, 0.1) is 14.2 Å². The van der Waals surface area contributed by atoms with Crippen molar-refractivity contribution in [3.05, 3.63) is 23.8 Å². The van der Waals surface area contributed by atoms with E-state index in [0.717, 1.165) is 0 Å². The van der Waals surface area contributed by atoms with Crippen molar-refractivity contribution in [3.8, 4) is 28.8 Å². The van der Waals surface area contributed by atoms with Gasteiger partial charge in [-0.3, -0.25) is 0 Å². The number of methoxy groups -OCH3 is 2. The van der Waals surface area contributed by atoms with Crippen molar-refractivity contribution in [3.63, 3.8) is 0 Å². The molecule has 2 N–H and O–H groups in total. The number of hydrogen-bond donors (Lipinski definition) is 1. The quantitative estimate of drug-likeness (QED) is 0.886. The zero-order chi connectivity index (χ0) is 13.1. The SMILES string of the molecule is COc1ccc(-c2noc(N)c2C#N)c(OC)c1. The predicted octanol–water partition coefficient (Wildman–Crippen LogP) is 1.81. The van der Waals surface area contributed by atoms with Crippen LogP contribution in [0.2, 0.25) is 0 Å². The highest BCUT2D eigenvalue weighted by Gasteiger charge is 2.18. The molecule has 0 aliphatic carbocycles. The summed E-state index contributed by atoms with van der Waals surface area (Å²) in [6.45, 7) is 0. The first-order chi connectivity index (χ1) is 8.71. The van der Waals surface area contributed by atoms with Gasteiger partial charge in [0.1, 0.15) is 28.8 Å². The van der Waals surface area contributed by atoms with E-state index in [1.165, 1.54) is 7.11 Å². The summed E-state index contributed by atoms with van der Waals surface area (Å²) >= 11 is 0. The van der Waals surface area contributed by atoms with E-state index < -0.39 is 0 Å². The van der Waals surface area contributed by atoms with E-state index in [9.17, 15) is 0 Å². The molecule has 0 spiro atoms. The monoisotopic (exact) mass is 245 g/mol. The molecule has 0 atom stereocenters. The number of anilines is 1. The average Bonchev–Trinajstić information content (AvgIpc) is 2.78. The molecule has 0 fully saturated rings. The maximum absolute atomic E-state index is 9.02. The Bertz CT molecular complexity index is 614. The number of hydrogen-bond acceptors (Lipinski definition) is 6. The van der Waals surface area contributed by atoms with Crippen LogP contribution in [0.25, 0.3) is 11.3 Å². The van der Waals surface area contributed by atoms with Gasteiger partial charge in [-0.05, 0) is 12.1 Å². The normalized spacial score (nSPS) is 9.83. The van der Waals surface area contributed by atoms with Crippen LogP contribution in [-0.4, -0.2) is 19.4 Å². The molecule has 1 heterocycles. The fourth-order valence-corrected chi connectivity index (χ4v) is 1.59. The number of nitrogens with two attached hydrogens (primary N) is 1. The van der Waals surface area contributed by atoms with E-state index in [2.05, 4.69) is 5.16 Å². The minimum absolute atomic E-state index is 0.00892. The van der Waals surface area contributed by atoms with Gasteiger partial charge in [-0.25, -0.2) is 0 Å². The molecule has 0 unspecified atom stereocenters. The van der Waals surface area contributed by atoms with Crippen LogP contribution in [0.5, 0.6) is 11.5 Å². The third-order valence-corrected chi connectivity index (χ3v) is 2.49. The molecular weight excluding hydrogens is 234 g/mol. The number of nitrogens with zero attached hydrogens (tertiary/aromatic N) is 2. The summed E-state index contributed by atoms with van der Waals surface area (Å²) in [5, 5.41) is 12.8. The topological polar surface area (TPSA) is 94.3 Å². The van der Waals surface area contributed by atoms with Gasteiger partial charge in [0.2, 0.25) is 5.88 Å². The second kappa shape index (κ2) is 4.67. The van der Waals surface area contributed by atoms with Gasteiger partial charge in [-0.15, -0.1) is 0 Å². The van der Waals surface area contributed by atoms with E-state index in [-0.39, 0.29) is 11.4 Å². The molecule has 1 aromatic carbocycles. The highest BCUT2D eigenvalue weighted by molar-refractivity contribution is 5.76. The average molecular weight is 245 g/mol. The number of ether oxygens (including phenoxy) is 2. The Kier molecular flexibility index (Phi) is 3.06. The molecule has 0 radical (unpaired) electrons. The molecule has 92 valence electrons. The first kappa shape index (κ1) is 11.8. The van der Waals surface area contributed by atoms with E-state index >= 15 is 0 Å². The van der Waals surface area contributed by atoms with Gasteiger partial charge >= 0.3 is 0 Å². The van der Waals surface area contributed by atoms with Crippen molar-refractivity contribution in [2.75, 3.05) is 20.0 Å². The Hall–Kier alpha value is -2.68. The highest BCUT2D eigenvalue weighted by Crippen LogP contribution is 2.35. The molecule has 2 rings (SSSR count). The fraction of sp³-hybridized carbons (Fsp3) is 0.167. The van der Waals surface area contributed by atoms with Crippen LogP contribution in [0.15, 0.2) is 22.7 Å². The van der Waals surface area contributed by atoms with Crippen LogP contribution >= 0.6 is 0 Å². The van der Waals surface area contributed by atoms with Gasteiger partial charge in [-0.2, -0.15) is 5.26 Å². The van der Waals surface area contributed by atoms with E-state index in [1.54, 1.807) is 25.3 Å². The Balaban J connectivity index is 2.60. The number of aromatic nitrogens is 1. The minimum atomic E-state index is -0.00892. The zero-order valence-electron chi connectivity index (χ0n) is 9.93. The first-order valence-electron chi connectivity index (χ1n) is 5.09. The van der Waals surface area contributed by atoms with Crippen LogP contribution < -0.4 is 15.2 Å². The summed E-state index contributed by atoms with van der Waals surface area (Å²) in [6.07, 6.45) is 0. The lowest BCUT2D eigenvalue weighted by molar-refractivity contribution is 0.394. The van der Waals surface area contributed by atoms with E-state index in [0.29, 0.717) is 22.8 Å². The van der Waals surface area contributed by atoms with Crippen molar-refractivity contribution in [2.45, 2.75) is 0 Å². The number of nitrogen functional groups attached to an aromatic ring is 1. The number of rotatable bonds is 3. The molecule has 0 bridgehead atoms. The standard InChI is InChI=1S/C12H11N3O3/c1-16-7-3-4-8(10(5-7)17-2)11-9(6-13)12(14)18-15-11/h3-5H,14H2,1-2H3.